The summed E-state index contributed by atoms with van der Waals surface area (Å²) in [5, 5.41) is 1.94. The van der Waals surface area contributed by atoms with E-state index in [9.17, 15) is 0 Å². The number of aryl methyl sites for hydroxylation is 1. The molecule has 3 aromatic rings. The summed E-state index contributed by atoms with van der Waals surface area (Å²) >= 11 is 0. The van der Waals surface area contributed by atoms with Crippen LogP contribution in [-0.2, 0) is 13.0 Å². The maximum Gasteiger partial charge on any atom is 0.380 e. The molecule has 3 heterocycles. The first-order valence-electron chi connectivity index (χ1n) is 8.83. The van der Waals surface area contributed by atoms with Crippen molar-refractivity contribution in [3.8, 4) is 40.1 Å². The number of hydrogen-bond acceptors (Lipinski definition) is 5. The number of ether oxygens (including phenoxy) is 5. The Morgan fingerprint density at radius 2 is 1.74 bits per heavy atom. The first-order valence-corrected chi connectivity index (χ1v) is 8.83. The van der Waals surface area contributed by atoms with Gasteiger partial charge in [-0.3, -0.25) is 0 Å². The number of aromatic nitrogens is 1. The third kappa shape index (κ3) is 2.22. The Morgan fingerprint density at radius 3 is 2.48 bits per heavy atom. The Balaban J connectivity index is 1.83. The Hall–Kier alpha value is -3.15. The van der Waals surface area contributed by atoms with Crippen LogP contribution in [0.1, 0.15) is 5.56 Å². The standard InChI is InChI=1S/C21H20NO5/c1-23-16-5-4-13-8-15-14-10-18-17(26-11-27-18)9-12(14)6-7-22(15)21(25-3)19(13)20(16)24-2/h4-5,8-10H,6-7,11H2,1-3H3/q+1. The van der Waals surface area contributed by atoms with Crippen LogP contribution >= 0.6 is 0 Å². The average Bonchev–Trinajstić information content (AvgIpc) is 3.16. The molecule has 0 bridgehead atoms. The Labute approximate surface area is 156 Å². The van der Waals surface area contributed by atoms with Crippen LogP contribution in [0.3, 0.4) is 0 Å². The molecule has 6 heteroatoms. The van der Waals surface area contributed by atoms with Crippen molar-refractivity contribution in [2.24, 2.45) is 0 Å². The van der Waals surface area contributed by atoms with Crippen LogP contribution in [0, 0.1) is 0 Å². The molecule has 0 saturated heterocycles. The Kier molecular flexibility index (Phi) is 3.53. The van der Waals surface area contributed by atoms with Gasteiger partial charge in [0, 0.05) is 17.9 Å². The van der Waals surface area contributed by atoms with Crippen molar-refractivity contribution in [3.05, 3.63) is 35.9 Å². The van der Waals surface area contributed by atoms with E-state index < -0.39 is 0 Å². The SMILES string of the molecule is COc1ccc2cc3[n+](c(OC)c2c1OC)CCc1cc2c(cc1-3)OCO2. The fourth-order valence-electron chi connectivity index (χ4n) is 4.07. The van der Waals surface area contributed by atoms with Crippen molar-refractivity contribution in [2.45, 2.75) is 13.0 Å². The van der Waals surface area contributed by atoms with Gasteiger partial charge >= 0.3 is 5.88 Å². The lowest BCUT2D eigenvalue weighted by Gasteiger charge is -2.19. The molecule has 0 spiro atoms. The van der Waals surface area contributed by atoms with Gasteiger partial charge in [0.2, 0.25) is 12.5 Å². The van der Waals surface area contributed by atoms with E-state index in [1.807, 2.05) is 12.1 Å². The molecule has 0 radical (unpaired) electrons. The van der Waals surface area contributed by atoms with E-state index in [-0.39, 0.29) is 6.79 Å². The summed E-state index contributed by atoms with van der Waals surface area (Å²) in [4.78, 5) is 0. The topological polar surface area (TPSA) is 50.0 Å². The summed E-state index contributed by atoms with van der Waals surface area (Å²) in [5.74, 6) is 3.73. The van der Waals surface area contributed by atoms with Crippen molar-refractivity contribution < 1.29 is 28.3 Å². The number of hydrogen-bond donors (Lipinski definition) is 0. The van der Waals surface area contributed by atoms with Gasteiger partial charge in [-0.2, -0.15) is 4.57 Å². The van der Waals surface area contributed by atoms with Crippen LogP contribution in [0.15, 0.2) is 30.3 Å². The minimum atomic E-state index is 0.274. The van der Waals surface area contributed by atoms with E-state index in [1.165, 1.54) is 5.56 Å². The van der Waals surface area contributed by atoms with Crippen molar-refractivity contribution in [3.63, 3.8) is 0 Å². The summed E-state index contributed by atoms with van der Waals surface area (Å²) in [6.07, 6.45) is 0.887. The highest BCUT2D eigenvalue weighted by molar-refractivity contribution is 5.95. The number of fused-ring (bicyclic) bond motifs is 5. The zero-order chi connectivity index (χ0) is 18.5. The highest BCUT2D eigenvalue weighted by Gasteiger charge is 2.33. The second-order valence-corrected chi connectivity index (χ2v) is 6.57. The van der Waals surface area contributed by atoms with Gasteiger partial charge in [0.05, 0.1) is 26.9 Å². The van der Waals surface area contributed by atoms with Gasteiger partial charge in [-0.1, -0.05) is 0 Å². The lowest BCUT2D eigenvalue weighted by atomic mass is 9.95. The van der Waals surface area contributed by atoms with Crippen LogP contribution in [0.5, 0.6) is 28.9 Å². The second-order valence-electron chi connectivity index (χ2n) is 6.57. The third-order valence-corrected chi connectivity index (χ3v) is 5.29. The quantitative estimate of drug-likeness (QED) is 0.667. The summed E-state index contributed by atoms with van der Waals surface area (Å²) in [7, 11) is 4.98. The maximum absolute atomic E-state index is 5.85. The normalized spacial score (nSPS) is 13.9. The molecule has 6 nitrogen and oxygen atoms in total. The Morgan fingerprint density at radius 1 is 0.926 bits per heavy atom. The highest BCUT2D eigenvalue weighted by atomic mass is 16.7. The van der Waals surface area contributed by atoms with Crippen molar-refractivity contribution >= 4 is 10.8 Å². The molecule has 2 aliphatic heterocycles. The molecular formula is C21H20NO5+. The first-order chi connectivity index (χ1) is 13.2. The van der Waals surface area contributed by atoms with Crippen LogP contribution in [0.2, 0.25) is 0 Å². The maximum atomic E-state index is 5.85. The van der Waals surface area contributed by atoms with E-state index in [0.717, 1.165) is 52.4 Å². The molecule has 0 saturated carbocycles. The zero-order valence-corrected chi connectivity index (χ0v) is 15.5. The molecule has 27 heavy (non-hydrogen) atoms. The third-order valence-electron chi connectivity index (χ3n) is 5.29. The van der Waals surface area contributed by atoms with E-state index in [2.05, 4.69) is 22.8 Å². The van der Waals surface area contributed by atoms with Crippen LogP contribution in [-0.4, -0.2) is 28.1 Å². The molecule has 138 valence electrons. The summed E-state index contributed by atoms with van der Waals surface area (Å²) in [5.41, 5.74) is 3.48. The van der Waals surface area contributed by atoms with Gasteiger partial charge < -0.3 is 23.7 Å². The first kappa shape index (κ1) is 16.1. The van der Waals surface area contributed by atoms with Gasteiger partial charge in [-0.05, 0) is 29.8 Å². The van der Waals surface area contributed by atoms with Crippen molar-refractivity contribution in [1.82, 2.24) is 0 Å². The van der Waals surface area contributed by atoms with Gasteiger partial charge in [0.1, 0.15) is 5.39 Å². The van der Waals surface area contributed by atoms with E-state index >= 15 is 0 Å². The molecule has 0 aliphatic carbocycles. The monoisotopic (exact) mass is 366 g/mol. The van der Waals surface area contributed by atoms with Gasteiger partial charge in [-0.25, -0.2) is 0 Å². The number of methoxy groups -OCH3 is 3. The van der Waals surface area contributed by atoms with Gasteiger partial charge in [-0.15, -0.1) is 0 Å². The lowest BCUT2D eigenvalue weighted by molar-refractivity contribution is -0.691. The molecular weight excluding hydrogens is 346 g/mol. The van der Waals surface area contributed by atoms with Crippen molar-refractivity contribution in [2.75, 3.05) is 28.1 Å². The minimum Gasteiger partial charge on any atom is -0.493 e. The molecule has 0 unspecified atom stereocenters. The molecule has 1 aromatic heterocycles. The molecule has 2 aromatic carbocycles. The predicted octanol–water partition coefficient (Wildman–Crippen LogP) is 3.10. The fraction of sp³-hybridized carbons (Fsp3) is 0.286. The second kappa shape index (κ2) is 5.94. The van der Waals surface area contributed by atoms with E-state index in [0.29, 0.717) is 11.5 Å². The number of rotatable bonds is 3. The molecule has 0 amide bonds. The van der Waals surface area contributed by atoms with Crippen LogP contribution in [0.25, 0.3) is 22.0 Å². The lowest BCUT2D eigenvalue weighted by Crippen LogP contribution is -2.41. The van der Waals surface area contributed by atoms with Crippen molar-refractivity contribution in [1.29, 1.82) is 0 Å². The van der Waals surface area contributed by atoms with Gasteiger partial charge in [0.25, 0.3) is 0 Å². The zero-order valence-electron chi connectivity index (χ0n) is 15.5. The fourth-order valence-corrected chi connectivity index (χ4v) is 4.07. The smallest absolute Gasteiger partial charge is 0.380 e. The Bertz CT molecular complexity index is 1080. The molecule has 0 fully saturated rings. The molecule has 0 N–H and O–H groups in total. The van der Waals surface area contributed by atoms with Crippen LogP contribution < -0.4 is 28.3 Å². The number of nitrogens with zero attached hydrogens (tertiary/aromatic N) is 1. The summed E-state index contributed by atoms with van der Waals surface area (Å²) in [6, 6.07) is 10.3. The predicted molar refractivity (Wildman–Crippen MR) is 99.1 cm³/mol. The highest BCUT2D eigenvalue weighted by Crippen LogP contribution is 2.44. The summed E-state index contributed by atoms with van der Waals surface area (Å²) in [6.45, 7) is 1.08. The van der Waals surface area contributed by atoms with Crippen LogP contribution in [0.4, 0.5) is 0 Å². The van der Waals surface area contributed by atoms with E-state index in [1.54, 1.807) is 21.3 Å². The molecule has 2 aliphatic rings. The summed E-state index contributed by atoms with van der Waals surface area (Å²) < 4.78 is 30.3. The van der Waals surface area contributed by atoms with Gasteiger partial charge in [0.15, 0.2) is 29.5 Å². The minimum absolute atomic E-state index is 0.274. The molecule has 5 rings (SSSR count). The largest absolute Gasteiger partial charge is 0.493 e. The molecule has 0 atom stereocenters. The number of benzene rings is 2. The average molecular weight is 366 g/mol. The van der Waals surface area contributed by atoms with E-state index in [4.69, 9.17) is 23.7 Å². The number of pyridine rings is 1.